The van der Waals surface area contributed by atoms with Gasteiger partial charge in [-0.05, 0) is 57.0 Å². The Morgan fingerprint density at radius 3 is 2.40 bits per heavy atom. The fraction of sp³-hybridized carbons (Fsp3) is 0.333. The molecule has 0 atom stereocenters. The minimum Gasteiger partial charge on any atom is -0.321 e. The lowest BCUT2D eigenvalue weighted by Crippen LogP contribution is -2.17. The van der Waals surface area contributed by atoms with Gasteiger partial charge in [-0.2, -0.15) is 5.10 Å². The van der Waals surface area contributed by atoms with Crippen LogP contribution in [0, 0.1) is 20.8 Å². The standard InChI is InChI=1S/C15H18BrN3O/c1-5-19-13(8-11(4)18-19)15(20)17-12-6-9(2)14(16)10(3)7-12/h6-8H,5H2,1-4H3,(H,17,20). The average Bonchev–Trinajstić information content (AvgIpc) is 2.77. The van der Waals surface area contributed by atoms with Crippen LogP contribution in [0.2, 0.25) is 0 Å². The molecular weight excluding hydrogens is 318 g/mol. The molecule has 1 N–H and O–H groups in total. The van der Waals surface area contributed by atoms with Gasteiger partial charge in [-0.15, -0.1) is 0 Å². The van der Waals surface area contributed by atoms with Gasteiger partial charge >= 0.3 is 0 Å². The number of aromatic nitrogens is 2. The summed E-state index contributed by atoms with van der Waals surface area (Å²) < 4.78 is 2.79. The number of carbonyl (C=O) groups excluding carboxylic acids is 1. The van der Waals surface area contributed by atoms with E-state index in [0.29, 0.717) is 12.2 Å². The number of amides is 1. The molecular formula is C15H18BrN3O. The zero-order chi connectivity index (χ0) is 14.9. The molecule has 0 spiro atoms. The minimum atomic E-state index is -0.131. The number of hydrogen-bond donors (Lipinski definition) is 1. The number of anilines is 1. The Labute approximate surface area is 127 Å². The molecule has 106 valence electrons. The van der Waals surface area contributed by atoms with Crippen LogP contribution in [-0.4, -0.2) is 15.7 Å². The molecule has 0 radical (unpaired) electrons. The van der Waals surface area contributed by atoms with Gasteiger partial charge in [0.15, 0.2) is 0 Å². The normalized spacial score (nSPS) is 10.7. The number of carbonyl (C=O) groups is 1. The van der Waals surface area contributed by atoms with Crippen LogP contribution in [0.3, 0.4) is 0 Å². The maximum Gasteiger partial charge on any atom is 0.273 e. The van der Waals surface area contributed by atoms with Gasteiger partial charge in [0.05, 0.1) is 5.69 Å². The highest BCUT2D eigenvalue weighted by atomic mass is 79.9. The highest BCUT2D eigenvalue weighted by Gasteiger charge is 2.14. The lowest BCUT2D eigenvalue weighted by Gasteiger charge is -2.10. The van der Waals surface area contributed by atoms with Crippen LogP contribution >= 0.6 is 15.9 Å². The highest BCUT2D eigenvalue weighted by Crippen LogP contribution is 2.25. The summed E-state index contributed by atoms with van der Waals surface area (Å²) in [6.45, 7) is 8.55. The molecule has 0 aliphatic heterocycles. The molecule has 1 heterocycles. The predicted molar refractivity (Wildman–Crippen MR) is 84.2 cm³/mol. The Hall–Kier alpha value is -1.62. The molecule has 0 aliphatic carbocycles. The van der Waals surface area contributed by atoms with Gasteiger partial charge in [-0.25, -0.2) is 0 Å². The Balaban J connectivity index is 2.28. The van der Waals surface area contributed by atoms with Gasteiger partial charge in [0.25, 0.3) is 5.91 Å². The summed E-state index contributed by atoms with van der Waals surface area (Å²) in [5.41, 5.74) is 4.43. The quantitative estimate of drug-likeness (QED) is 0.926. The molecule has 2 aromatic rings. The van der Waals surface area contributed by atoms with E-state index >= 15 is 0 Å². The first kappa shape index (κ1) is 14.8. The third-order valence-corrected chi connectivity index (χ3v) is 4.38. The first-order valence-electron chi connectivity index (χ1n) is 6.55. The second-order valence-corrected chi connectivity index (χ2v) is 5.66. The number of hydrogen-bond acceptors (Lipinski definition) is 2. The number of aryl methyl sites for hydroxylation is 4. The molecule has 20 heavy (non-hydrogen) atoms. The van der Waals surface area contributed by atoms with E-state index in [0.717, 1.165) is 27.0 Å². The van der Waals surface area contributed by atoms with Crippen LogP contribution in [0.15, 0.2) is 22.7 Å². The minimum absolute atomic E-state index is 0.131. The summed E-state index contributed by atoms with van der Waals surface area (Å²) in [6, 6.07) is 5.71. The fourth-order valence-corrected chi connectivity index (χ4v) is 2.41. The van der Waals surface area contributed by atoms with Crippen molar-refractivity contribution in [3.63, 3.8) is 0 Å². The van der Waals surface area contributed by atoms with Crippen molar-refractivity contribution >= 4 is 27.5 Å². The van der Waals surface area contributed by atoms with Crippen molar-refractivity contribution < 1.29 is 4.79 Å². The molecule has 2 rings (SSSR count). The lowest BCUT2D eigenvalue weighted by atomic mass is 10.1. The summed E-state index contributed by atoms with van der Waals surface area (Å²) >= 11 is 3.52. The van der Waals surface area contributed by atoms with Crippen molar-refractivity contribution in [3.8, 4) is 0 Å². The van der Waals surface area contributed by atoms with Crippen LogP contribution in [0.5, 0.6) is 0 Å². The van der Waals surface area contributed by atoms with Gasteiger partial charge in [-0.3, -0.25) is 9.48 Å². The van der Waals surface area contributed by atoms with Crippen molar-refractivity contribution in [2.45, 2.75) is 34.2 Å². The van der Waals surface area contributed by atoms with E-state index in [1.807, 2.05) is 39.8 Å². The summed E-state index contributed by atoms with van der Waals surface area (Å²) in [4.78, 5) is 12.3. The topological polar surface area (TPSA) is 46.9 Å². The summed E-state index contributed by atoms with van der Waals surface area (Å²) in [5, 5.41) is 7.22. The van der Waals surface area contributed by atoms with Gasteiger partial charge in [-0.1, -0.05) is 15.9 Å². The molecule has 0 saturated heterocycles. The smallest absolute Gasteiger partial charge is 0.273 e. The molecule has 0 fully saturated rings. The van der Waals surface area contributed by atoms with Crippen molar-refractivity contribution in [3.05, 3.63) is 45.2 Å². The lowest BCUT2D eigenvalue weighted by molar-refractivity contribution is 0.101. The zero-order valence-corrected chi connectivity index (χ0v) is 13.7. The molecule has 0 aliphatic rings. The van der Waals surface area contributed by atoms with Crippen LogP contribution in [0.25, 0.3) is 0 Å². The molecule has 1 aromatic heterocycles. The predicted octanol–water partition coefficient (Wildman–Crippen LogP) is 3.84. The number of nitrogens with zero attached hydrogens (tertiary/aromatic N) is 2. The van der Waals surface area contributed by atoms with Crippen LogP contribution in [0.4, 0.5) is 5.69 Å². The average molecular weight is 336 g/mol. The fourth-order valence-electron chi connectivity index (χ4n) is 2.18. The van der Waals surface area contributed by atoms with E-state index in [-0.39, 0.29) is 5.91 Å². The number of benzene rings is 1. The summed E-state index contributed by atoms with van der Waals surface area (Å²) in [6.07, 6.45) is 0. The van der Waals surface area contributed by atoms with Gasteiger partial charge in [0.1, 0.15) is 5.69 Å². The largest absolute Gasteiger partial charge is 0.321 e. The number of rotatable bonds is 3. The highest BCUT2D eigenvalue weighted by molar-refractivity contribution is 9.10. The molecule has 1 amide bonds. The van der Waals surface area contributed by atoms with E-state index in [2.05, 4.69) is 26.3 Å². The Bertz CT molecular complexity index is 638. The van der Waals surface area contributed by atoms with Crippen molar-refractivity contribution in [1.82, 2.24) is 9.78 Å². The van der Waals surface area contributed by atoms with E-state index in [1.54, 1.807) is 10.7 Å². The van der Waals surface area contributed by atoms with Gasteiger partial charge in [0.2, 0.25) is 0 Å². The maximum atomic E-state index is 12.3. The second-order valence-electron chi connectivity index (χ2n) is 4.86. The van der Waals surface area contributed by atoms with Gasteiger partial charge in [0, 0.05) is 16.7 Å². The second kappa shape index (κ2) is 5.79. The van der Waals surface area contributed by atoms with Gasteiger partial charge < -0.3 is 5.32 Å². The van der Waals surface area contributed by atoms with Crippen molar-refractivity contribution in [1.29, 1.82) is 0 Å². The Morgan fingerprint density at radius 1 is 1.25 bits per heavy atom. The third kappa shape index (κ3) is 2.93. The monoisotopic (exact) mass is 335 g/mol. The van der Waals surface area contributed by atoms with Crippen LogP contribution in [-0.2, 0) is 6.54 Å². The number of nitrogens with one attached hydrogen (secondary N) is 1. The SMILES string of the molecule is CCn1nc(C)cc1C(=O)Nc1cc(C)c(Br)c(C)c1. The van der Waals surface area contributed by atoms with Crippen molar-refractivity contribution in [2.24, 2.45) is 0 Å². The Morgan fingerprint density at radius 2 is 1.85 bits per heavy atom. The van der Waals surface area contributed by atoms with E-state index < -0.39 is 0 Å². The van der Waals surface area contributed by atoms with E-state index in [9.17, 15) is 4.79 Å². The van der Waals surface area contributed by atoms with Crippen molar-refractivity contribution in [2.75, 3.05) is 5.32 Å². The molecule has 0 unspecified atom stereocenters. The van der Waals surface area contributed by atoms with Crippen LogP contribution in [0.1, 0.15) is 34.2 Å². The molecule has 4 nitrogen and oxygen atoms in total. The first-order chi connectivity index (χ1) is 9.42. The van der Waals surface area contributed by atoms with E-state index in [1.165, 1.54) is 0 Å². The summed E-state index contributed by atoms with van der Waals surface area (Å²) in [5.74, 6) is -0.131. The number of halogens is 1. The zero-order valence-electron chi connectivity index (χ0n) is 12.1. The maximum absolute atomic E-state index is 12.3. The molecule has 0 bridgehead atoms. The molecule has 1 aromatic carbocycles. The van der Waals surface area contributed by atoms with E-state index in [4.69, 9.17) is 0 Å². The molecule has 5 heteroatoms. The Kier molecular flexibility index (Phi) is 4.28. The summed E-state index contributed by atoms with van der Waals surface area (Å²) in [7, 11) is 0. The van der Waals surface area contributed by atoms with Crippen LogP contribution < -0.4 is 5.32 Å². The third-order valence-electron chi connectivity index (χ3n) is 3.13. The molecule has 0 saturated carbocycles. The first-order valence-corrected chi connectivity index (χ1v) is 7.34.